The van der Waals surface area contributed by atoms with Crippen molar-refractivity contribution in [1.82, 2.24) is 0 Å². The van der Waals surface area contributed by atoms with Crippen LogP contribution >= 0.6 is 0 Å². The molecule has 0 radical (unpaired) electrons. The largest absolute Gasteiger partial charge is 0.508 e. The number of phenols is 1. The average Bonchev–Trinajstić information content (AvgIpc) is 2.76. The van der Waals surface area contributed by atoms with Gasteiger partial charge in [-0.2, -0.15) is 0 Å². The summed E-state index contributed by atoms with van der Waals surface area (Å²) in [6, 6.07) is 8.48. The molecule has 98 valence electrons. The molecule has 0 fully saturated rings. The summed E-state index contributed by atoms with van der Waals surface area (Å²) in [6.07, 6.45) is 1.62. The number of nitrogens with one attached hydrogen (secondary N) is 1. The predicted molar refractivity (Wildman–Crippen MR) is 69.1 cm³/mol. The lowest BCUT2D eigenvalue weighted by Crippen LogP contribution is -2.08. The molecular formula is C15H13F2NO. The fourth-order valence-electron chi connectivity index (χ4n) is 2.55. The summed E-state index contributed by atoms with van der Waals surface area (Å²) in [5.74, 6) is -0.696. The normalized spacial score (nSPS) is 17.3. The molecule has 0 saturated heterocycles. The van der Waals surface area contributed by atoms with Gasteiger partial charge in [0.25, 0.3) is 0 Å². The van der Waals surface area contributed by atoms with Crippen LogP contribution in [0, 0.1) is 11.6 Å². The number of phenolic OH excluding ortho intramolecular Hbond substituents is 1. The summed E-state index contributed by atoms with van der Waals surface area (Å²) in [4.78, 5) is 0. The van der Waals surface area contributed by atoms with E-state index < -0.39 is 11.6 Å². The lowest BCUT2D eigenvalue weighted by Gasteiger charge is -2.16. The second kappa shape index (κ2) is 4.53. The highest BCUT2D eigenvalue weighted by Gasteiger charge is 2.23. The predicted octanol–water partition coefficient (Wildman–Crippen LogP) is 3.77. The average molecular weight is 261 g/mol. The zero-order valence-corrected chi connectivity index (χ0v) is 10.2. The number of aromatic hydroxyl groups is 1. The SMILES string of the molecule is Oc1ccc2c(c1)CCC2Nc1cc(F)ccc1F. The summed E-state index contributed by atoms with van der Waals surface area (Å²) in [7, 11) is 0. The fraction of sp³-hybridized carbons (Fsp3) is 0.200. The minimum absolute atomic E-state index is 0.0492. The fourth-order valence-corrected chi connectivity index (χ4v) is 2.55. The van der Waals surface area contributed by atoms with Gasteiger partial charge in [-0.25, -0.2) is 8.78 Å². The summed E-state index contributed by atoms with van der Waals surface area (Å²) < 4.78 is 26.7. The van der Waals surface area contributed by atoms with Crippen LogP contribution < -0.4 is 5.32 Å². The summed E-state index contributed by atoms with van der Waals surface area (Å²) in [5, 5.41) is 12.5. The van der Waals surface area contributed by atoms with Crippen LogP contribution in [0.15, 0.2) is 36.4 Å². The molecule has 2 aromatic rings. The van der Waals surface area contributed by atoms with Crippen molar-refractivity contribution in [3.63, 3.8) is 0 Å². The topological polar surface area (TPSA) is 32.3 Å². The van der Waals surface area contributed by atoms with Crippen molar-refractivity contribution >= 4 is 5.69 Å². The molecule has 3 rings (SSSR count). The second-order valence-corrected chi connectivity index (χ2v) is 4.74. The van der Waals surface area contributed by atoms with E-state index in [9.17, 15) is 13.9 Å². The first kappa shape index (κ1) is 12.0. The van der Waals surface area contributed by atoms with Crippen LogP contribution in [-0.2, 0) is 6.42 Å². The highest BCUT2D eigenvalue weighted by atomic mass is 19.1. The minimum atomic E-state index is -0.465. The Morgan fingerprint density at radius 1 is 1.11 bits per heavy atom. The van der Waals surface area contributed by atoms with E-state index in [4.69, 9.17) is 0 Å². The minimum Gasteiger partial charge on any atom is -0.508 e. The third-order valence-corrected chi connectivity index (χ3v) is 3.46. The van der Waals surface area contributed by atoms with Gasteiger partial charge in [0, 0.05) is 0 Å². The molecule has 0 saturated carbocycles. The number of anilines is 1. The van der Waals surface area contributed by atoms with Crippen LogP contribution in [0.3, 0.4) is 0 Å². The Morgan fingerprint density at radius 3 is 2.79 bits per heavy atom. The Labute approximate surface area is 109 Å². The quantitative estimate of drug-likeness (QED) is 0.862. The van der Waals surface area contributed by atoms with E-state index >= 15 is 0 Å². The maximum atomic E-state index is 13.6. The Kier molecular flexibility index (Phi) is 2.85. The molecule has 1 aliphatic carbocycles. The van der Waals surface area contributed by atoms with Gasteiger partial charge in [-0.15, -0.1) is 0 Å². The van der Waals surface area contributed by atoms with Gasteiger partial charge in [-0.3, -0.25) is 0 Å². The van der Waals surface area contributed by atoms with Crippen molar-refractivity contribution in [1.29, 1.82) is 0 Å². The second-order valence-electron chi connectivity index (χ2n) is 4.74. The van der Waals surface area contributed by atoms with Crippen LogP contribution in [0.2, 0.25) is 0 Å². The van der Waals surface area contributed by atoms with Crippen molar-refractivity contribution in [2.24, 2.45) is 0 Å². The van der Waals surface area contributed by atoms with Gasteiger partial charge in [-0.1, -0.05) is 6.07 Å². The Bertz CT molecular complexity index is 628. The zero-order chi connectivity index (χ0) is 13.4. The van der Waals surface area contributed by atoms with Crippen molar-refractivity contribution in [2.45, 2.75) is 18.9 Å². The van der Waals surface area contributed by atoms with Crippen LogP contribution in [0.1, 0.15) is 23.6 Å². The molecule has 2 N–H and O–H groups in total. The van der Waals surface area contributed by atoms with E-state index in [0.717, 1.165) is 42.2 Å². The molecule has 0 aromatic heterocycles. The van der Waals surface area contributed by atoms with Crippen molar-refractivity contribution in [2.75, 3.05) is 5.32 Å². The van der Waals surface area contributed by atoms with Crippen LogP contribution in [0.4, 0.5) is 14.5 Å². The number of rotatable bonds is 2. The lowest BCUT2D eigenvalue weighted by molar-refractivity contribution is 0.474. The third kappa shape index (κ3) is 2.26. The van der Waals surface area contributed by atoms with E-state index in [-0.39, 0.29) is 17.5 Å². The number of benzene rings is 2. The number of aryl methyl sites for hydroxylation is 1. The monoisotopic (exact) mass is 261 g/mol. The molecule has 1 atom stereocenters. The van der Waals surface area contributed by atoms with Crippen molar-refractivity contribution in [3.05, 3.63) is 59.2 Å². The van der Waals surface area contributed by atoms with Gasteiger partial charge >= 0.3 is 0 Å². The van der Waals surface area contributed by atoms with Crippen molar-refractivity contribution < 1.29 is 13.9 Å². The van der Waals surface area contributed by atoms with Crippen LogP contribution in [0.5, 0.6) is 5.75 Å². The Morgan fingerprint density at radius 2 is 1.95 bits per heavy atom. The molecule has 0 aliphatic heterocycles. The molecule has 2 aromatic carbocycles. The summed E-state index contributed by atoms with van der Waals surface area (Å²) in [5.41, 5.74) is 2.25. The number of fused-ring (bicyclic) bond motifs is 1. The molecular weight excluding hydrogens is 248 g/mol. The maximum Gasteiger partial charge on any atom is 0.146 e. The molecule has 0 amide bonds. The highest BCUT2D eigenvalue weighted by Crippen LogP contribution is 2.36. The Hall–Kier alpha value is -2.10. The molecule has 1 aliphatic rings. The van der Waals surface area contributed by atoms with Gasteiger partial charge in [-0.05, 0) is 54.3 Å². The van der Waals surface area contributed by atoms with E-state index in [1.165, 1.54) is 0 Å². The smallest absolute Gasteiger partial charge is 0.146 e. The Balaban J connectivity index is 1.88. The number of hydrogen-bond donors (Lipinski definition) is 2. The first-order valence-electron chi connectivity index (χ1n) is 6.17. The third-order valence-electron chi connectivity index (χ3n) is 3.46. The highest BCUT2D eigenvalue weighted by molar-refractivity contribution is 5.50. The van der Waals surface area contributed by atoms with Gasteiger partial charge in [0.1, 0.15) is 17.4 Å². The van der Waals surface area contributed by atoms with E-state index in [1.807, 2.05) is 6.07 Å². The van der Waals surface area contributed by atoms with E-state index in [1.54, 1.807) is 12.1 Å². The molecule has 0 heterocycles. The van der Waals surface area contributed by atoms with Crippen molar-refractivity contribution in [3.8, 4) is 5.75 Å². The molecule has 19 heavy (non-hydrogen) atoms. The molecule has 0 bridgehead atoms. The molecule has 0 spiro atoms. The zero-order valence-electron chi connectivity index (χ0n) is 10.2. The lowest BCUT2D eigenvalue weighted by atomic mass is 10.1. The van der Waals surface area contributed by atoms with Gasteiger partial charge < -0.3 is 10.4 Å². The van der Waals surface area contributed by atoms with Gasteiger partial charge in [0.15, 0.2) is 0 Å². The molecule has 4 heteroatoms. The first-order valence-corrected chi connectivity index (χ1v) is 6.17. The van der Waals surface area contributed by atoms with Gasteiger partial charge in [0.2, 0.25) is 0 Å². The standard InChI is InChI=1S/C15H13F2NO/c16-10-2-5-13(17)15(8-10)18-14-6-1-9-7-11(19)3-4-12(9)14/h2-5,7-8,14,18-19H,1,6H2. The summed E-state index contributed by atoms with van der Waals surface area (Å²) >= 11 is 0. The first-order chi connectivity index (χ1) is 9.13. The van der Waals surface area contributed by atoms with E-state index in [2.05, 4.69) is 5.32 Å². The number of hydrogen-bond acceptors (Lipinski definition) is 2. The van der Waals surface area contributed by atoms with Crippen LogP contribution in [-0.4, -0.2) is 5.11 Å². The maximum absolute atomic E-state index is 13.6. The van der Waals surface area contributed by atoms with Crippen LogP contribution in [0.25, 0.3) is 0 Å². The molecule has 1 unspecified atom stereocenters. The summed E-state index contributed by atoms with van der Waals surface area (Å²) in [6.45, 7) is 0. The number of halogens is 2. The van der Waals surface area contributed by atoms with E-state index in [0.29, 0.717) is 0 Å². The van der Waals surface area contributed by atoms with Gasteiger partial charge in [0.05, 0.1) is 11.7 Å². The molecule has 2 nitrogen and oxygen atoms in total.